The number of hydrogen-bond acceptors (Lipinski definition) is 20. The van der Waals surface area contributed by atoms with Crippen LogP contribution in [0.1, 0.15) is 10.4 Å². The average Bonchev–Trinajstić information content (AvgIpc) is 3.47. The molecule has 5 aliphatic rings. The minimum atomic E-state index is -0.717. The number of nitrogens with one attached hydrogen (secondary N) is 2. The van der Waals surface area contributed by atoms with E-state index >= 15 is 4.79 Å². The summed E-state index contributed by atoms with van der Waals surface area (Å²) in [5.74, 6) is 2.19. The maximum absolute atomic E-state index is 15.2. The molecule has 11 rings (SSSR count). The van der Waals surface area contributed by atoms with Gasteiger partial charge in [0.2, 0.25) is 17.8 Å². The summed E-state index contributed by atoms with van der Waals surface area (Å²) in [6.07, 6.45) is 2.68. The summed E-state index contributed by atoms with van der Waals surface area (Å²) >= 11 is 0. The number of amides is 5. The second-order valence-electron chi connectivity index (χ2n) is 18.5. The SMILES string of the molecule is CN1CCN(C(=O)c2ccc(N(C(=O)Nc3ccc(-c4nc(OC5COC5)nc(N5CCOCC5)n4)cc3)N(C(=O)Nc3ccnnc3)c3ccc(-c4nc(N5CCOCC5)nc(N5CCOCC5)n4)cc3)cc2)CC1. The number of rotatable bonds is 12. The van der Waals surface area contributed by atoms with E-state index in [4.69, 9.17) is 43.6 Å². The standard InChI is InChI=1S/C51H57N17O8/c1-62-16-18-63(19-17-62)45(69)37-6-12-41(13-7-37)67(50(70)54-38-8-2-35(3-9-38)44-58-48(66-24-30-74-31-25-66)61-49(59-44)76-42-33-75-34-42)68(51(71)55-39-14-15-52-53-32-39)40-10-4-36(5-11-40)43-56-46(64-20-26-72-27-21-64)60-47(57-43)65-22-28-73-29-23-65/h2-15,32,42H,16-31,33-34H2,1H3,(H,54,70)(H,52,55,71). The van der Waals surface area contributed by atoms with E-state index in [2.05, 4.69) is 45.5 Å². The van der Waals surface area contributed by atoms with Gasteiger partial charge in [0.05, 0.1) is 82.3 Å². The summed E-state index contributed by atoms with van der Waals surface area (Å²) in [5, 5.41) is 16.1. The summed E-state index contributed by atoms with van der Waals surface area (Å²) in [5.41, 5.74) is 2.99. The minimum Gasteiger partial charge on any atom is -0.455 e. The molecule has 0 unspecified atom stereocenters. The van der Waals surface area contributed by atoms with Crippen LogP contribution in [0.15, 0.2) is 91.3 Å². The van der Waals surface area contributed by atoms with E-state index in [1.807, 2.05) is 16.8 Å². The molecule has 0 atom stereocenters. The van der Waals surface area contributed by atoms with Gasteiger partial charge in [-0.05, 0) is 85.9 Å². The molecule has 0 radical (unpaired) electrons. The zero-order valence-electron chi connectivity index (χ0n) is 41.9. The first-order chi connectivity index (χ1) is 37.3. The van der Waals surface area contributed by atoms with Crippen molar-refractivity contribution in [3.8, 4) is 28.8 Å². The van der Waals surface area contributed by atoms with E-state index < -0.39 is 12.1 Å². The second-order valence-corrected chi connectivity index (χ2v) is 18.5. The smallest absolute Gasteiger partial charge is 0.345 e. The first-order valence-corrected chi connectivity index (χ1v) is 25.3. The predicted molar refractivity (Wildman–Crippen MR) is 280 cm³/mol. The van der Waals surface area contributed by atoms with E-state index in [0.717, 1.165) is 13.1 Å². The van der Waals surface area contributed by atoms with Crippen LogP contribution in [0.3, 0.4) is 0 Å². The molecule has 394 valence electrons. The lowest BCUT2D eigenvalue weighted by molar-refractivity contribution is -0.0831. The van der Waals surface area contributed by atoms with Crippen LogP contribution in [0, 0.1) is 0 Å². The Bertz CT molecular complexity index is 2920. The van der Waals surface area contributed by atoms with Crippen molar-refractivity contribution in [1.29, 1.82) is 0 Å². The van der Waals surface area contributed by atoms with E-state index in [1.165, 1.54) is 22.4 Å². The van der Waals surface area contributed by atoms with Gasteiger partial charge >= 0.3 is 18.1 Å². The number of nitrogens with zero attached hydrogens (tertiary/aromatic N) is 15. The Hall–Kier alpha value is -8.23. The Morgan fingerprint density at radius 3 is 1.51 bits per heavy atom. The van der Waals surface area contributed by atoms with Gasteiger partial charge in [0, 0.05) is 87.8 Å². The van der Waals surface area contributed by atoms with Gasteiger partial charge in [-0.15, -0.1) is 0 Å². The Kier molecular flexibility index (Phi) is 15.2. The van der Waals surface area contributed by atoms with E-state index in [0.29, 0.717) is 168 Å². The van der Waals surface area contributed by atoms with Gasteiger partial charge in [0.25, 0.3) is 5.91 Å². The van der Waals surface area contributed by atoms with Gasteiger partial charge in [0.1, 0.15) is 6.10 Å². The molecule has 0 bridgehead atoms. The van der Waals surface area contributed by atoms with Crippen molar-refractivity contribution in [3.63, 3.8) is 0 Å². The van der Waals surface area contributed by atoms with E-state index in [-0.39, 0.29) is 23.7 Å². The molecular formula is C51H57N17O8. The Morgan fingerprint density at radius 1 is 0.526 bits per heavy atom. The molecule has 0 spiro atoms. The fourth-order valence-electron chi connectivity index (χ4n) is 8.91. The molecule has 2 N–H and O–H groups in total. The van der Waals surface area contributed by atoms with Crippen molar-refractivity contribution < 1.29 is 38.1 Å². The lowest BCUT2D eigenvalue weighted by Crippen LogP contribution is -2.54. The molecule has 5 saturated heterocycles. The summed E-state index contributed by atoms with van der Waals surface area (Å²) in [4.78, 5) is 82.8. The normalized spacial score (nSPS) is 17.4. The molecule has 5 fully saturated rings. The molecule has 5 aliphatic heterocycles. The number of carbonyl (C=O) groups is 3. The predicted octanol–water partition coefficient (Wildman–Crippen LogP) is 3.55. The number of ether oxygens (including phenoxy) is 5. The van der Waals surface area contributed by atoms with Gasteiger partial charge in [0.15, 0.2) is 11.6 Å². The highest BCUT2D eigenvalue weighted by Crippen LogP contribution is 2.31. The van der Waals surface area contributed by atoms with Crippen molar-refractivity contribution >= 4 is 58.6 Å². The van der Waals surface area contributed by atoms with Crippen LogP contribution in [0.25, 0.3) is 22.8 Å². The molecule has 25 nitrogen and oxygen atoms in total. The van der Waals surface area contributed by atoms with Crippen molar-refractivity contribution in [3.05, 3.63) is 96.8 Å². The molecule has 0 aliphatic carbocycles. The van der Waals surface area contributed by atoms with Gasteiger partial charge in [-0.3, -0.25) is 4.79 Å². The quantitative estimate of drug-likeness (QED) is 0.166. The maximum Gasteiger partial charge on any atom is 0.345 e. The highest BCUT2D eigenvalue weighted by Gasteiger charge is 2.32. The molecule has 25 heteroatoms. The summed E-state index contributed by atoms with van der Waals surface area (Å²) in [7, 11) is 2.03. The number of hydrogen-bond donors (Lipinski definition) is 2. The third-order valence-electron chi connectivity index (χ3n) is 13.3. The van der Waals surface area contributed by atoms with Crippen LogP contribution in [-0.4, -0.2) is 199 Å². The van der Waals surface area contributed by atoms with Gasteiger partial charge in [-0.2, -0.15) is 50.1 Å². The number of carbonyl (C=O) groups excluding carboxylic acids is 3. The largest absolute Gasteiger partial charge is 0.455 e. The molecule has 3 aromatic heterocycles. The van der Waals surface area contributed by atoms with Crippen LogP contribution < -0.4 is 40.1 Å². The molecular weight excluding hydrogens is 979 g/mol. The summed E-state index contributed by atoms with van der Waals surface area (Å²) in [6.45, 7) is 10.5. The average molecular weight is 1040 g/mol. The monoisotopic (exact) mass is 1040 g/mol. The molecule has 3 aromatic carbocycles. The van der Waals surface area contributed by atoms with Crippen molar-refractivity contribution in [2.24, 2.45) is 0 Å². The van der Waals surface area contributed by atoms with Crippen LogP contribution in [0.4, 0.5) is 50.2 Å². The Morgan fingerprint density at radius 2 is 1.01 bits per heavy atom. The third-order valence-corrected chi connectivity index (χ3v) is 13.3. The first kappa shape index (κ1) is 50.0. The Balaban J connectivity index is 0.938. The number of urea groups is 2. The van der Waals surface area contributed by atoms with Crippen LogP contribution in [0.2, 0.25) is 0 Å². The van der Waals surface area contributed by atoms with Crippen molar-refractivity contribution in [2.45, 2.75) is 6.10 Å². The number of anilines is 7. The zero-order valence-corrected chi connectivity index (χ0v) is 41.9. The summed E-state index contributed by atoms with van der Waals surface area (Å²) < 4.78 is 28.2. The topological polar surface area (TPSA) is 247 Å². The second kappa shape index (κ2) is 23.1. The number of aromatic nitrogens is 8. The van der Waals surface area contributed by atoms with Crippen LogP contribution >= 0.6 is 0 Å². The fourth-order valence-corrected chi connectivity index (χ4v) is 8.91. The number of benzene rings is 3. The summed E-state index contributed by atoms with van der Waals surface area (Å²) in [6, 6.07) is 20.9. The first-order valence-electron chi connectivity index (χ1n) is 25.3. The number of piperazine rings is 1. The molecule has 8 heterocycles. The fraction of sp³-hybridized carbons (Fsp3) is 0.392. The highest BCUT2D eigenvalue weighted by molar-refractivity contribution is 6.13. The maximum atomic E-state index is 15.2. The number of likely N-dealkylation sites (N-methyl/N-ethyl adjacent to an activating group) is 1. The van der Waals surface area contributed by atoms with Crippen molar-refractivity contribution in [1.82, 2.24) is 49.9 Å². The highest BCUT2D eigenvalue weighted by atomic mass is 16.6. The molecule has 5 amide bonds. The number of morpholine rings is 3. The van der Waals surface area contributed by atoms with Gasteiger partial charge in [-0.25, -0.2) is 9.59 Å². The van der Waals surface area contributed by atoms with Crippen LogP contribution in [0.5, 0.6) is 6.01 Å². The lowest BCUT2D eigenvalue weighted by Gasteiger charge is -2.35. The van der Waals surface area contributed by atoms with E-state index in [1.54, 1.807) is 78.9 Å². The third kappa shape index (κ3) is 11.7. The molecule has 6 aromatic rings. The zero-order chi connectivity index (χ0) is 51.8. The van der Waals surface area contributed by atoms with Gasteiger partial charge < -0.3 is 58.8 Å². The Labute approximate surface area is 437 Å². The lowest BCUT2D eigenvalue weighted by atomic mass is 10.1. The minimum absolute atomic E-state index is 0.135. The molecule has 76 heavy (non-hydrogen) atoms. The number of hydrazine groups is 1. The molecule has 0 saturated carbocycles. The van der Waals surface area contributed by atoms with Gasteiger partial charge in [-0.1, -0.05) is 0 Å². The van der Waals surface area contributed by atoms with Crippen LogP contribution in [-0.2, 0) is 18.9 Å². The van der Waals surface area contributed by atoms with E-state index in [9.17, 15) is 9.59 Å². The van der Waals surface area contributed by atoms with Crippen molar-refractivity contribution in [2.75, 3.05) is 161 Å².